The number of aryl methyl sites for hydroxylation is 1. The minimum atomic E-state index is -0.832. The van der Waals surface area contributed by atoms with E-state index in [2.05, 4.69) is 15.3 Å². The molecule has 0 amide bonds. The van der Waals surface area contributed by atoms with Crippen molar-refractivity contribution in [3.05, 3.63) is 72.2 Å². The van der Waals surface area contributed by atoms with Crippen LogP contribution in [-0.4, -0.2) is 44.9 Å². The van der Waals surface area contributed by atoms with E-state index >= 15 is 0 Å². The van der Waals surface area contributed by atoms with Gasteiger partial charge in [-0.15, -0.1) is 0 Å². The lowest BCUT2D eigenvalue weighted by Gasteiger charge is -2.24. The minimum Gasteiger partial charge on any atom is -0.486 e. The Morgan fingerprint density at radius 1 is 1.20 bits per heavy atom. The highest BCUT2D eigenvalue weighted by molar-refractivity contribution is 5.40. The van der Waals surface area contributed by atoms with Crippen LogP contribution in [-0.2, 0) is 20.2 Å². The normalized spacial score (nSPS) is 18.7. The average Bonchev–Trinajstić information content (AvgIpc) is 3.34. The molecule has 3 aromatic rings. The molecule has 2 N–H and O–H groups in total. The monoisotopic (exact) mass is 411 g/mol. The van der Waals surface area contributed by atoms with E-state index in [0.29, 0.717) is 45.0 Å². The van der Waals surface area contributed by atoms with Crippen molar-refractivity contribution in [3.63, 3.8) is 0 Å². The number of β-amino-alcohol motifs (C(OH)–C–C–N with tert-alkyl or cyclic N) is 1. The summed E-state index contributed by atoms with van der Waals surface area (Å²) >= 11 is 0. The lowest BCUT2D eigenvalue weighted by atomic mass is 10.0. The van der Waals surface area contributed by atoms with E-state index in [1.54, 1.807) is 12.3 Å². The summed E-state index contributed by atoms with van der Waals surface area (Å²) in [6.07, 6.45) is 5.48. The predicted molar refractivity (Wildman–Crippen MR) is 112 cm³/mol. The van der Waals surface area contributed by atoms with Gasteiger partial charge in [-0.25, -0.2) is 14.4 Å². The average molecular weight is 411 g/mol. The van der Waals surface area contributed by atoms with Gasteiger partial charge in [0.15, 0.2) is 0 Å². The summed E-state index contributed by atoms with van der Waals surface area (Å²) in [6.45, 7) is 2.71. The summed E-state index contributed by atoms with van der Waals surface area (Å²) in [5, 5.41) is 14.2. The molecule has 1 aliphatic heterocycles. The summed E-state index contributed by atoms with van der Waals surface area (Å²) in [4.78, 5) is 10.3. The Morgan fingerprint density at radius 2 is 2.03 bits per heavy atom. The smallest absolute Gasteiger partial charge is 0.146 e. The molecule has 1 fully saturated rings. The molecule has 3 heterocycles. The highest BCUT2D eigenvalue weighted by atomic mass is 19.1. The van der Waals surface area contributed by atoms with Gasteiger partial charge in [0.05, 0.1) is 11.8 Å². The number of benzene rings is 1. The van der Waals surface area contributed by atoms with Crippen LogP contribution in [0.15, 0.2) is 55.0 Å². The van der Waals surface area contributed by atoms with Crippen LogP contribution < -0.4 is 15.0 Å². The number of aliphatic hydroxyl groups is 1. The van der Waals surface area contributed by atoms with E-state index in [0.717, 1.165) is 17.1 Å². The van der Waals surface area contributed by atoms with Gasteiger partial charge in [-0.2, -0.15) is 0 Å². The fraction of sp³-hybridized carbons (Fsp3) is 0.364. The molecule has 7 nitrogen and oxygen atoms in total. The van der Waals surface area contributed by atoms with E-state index in [-0.39, 0.29) is 5.82 Å². The molecule has 0 bridgehead atoms. The summed E-state index contributed by atoms with van der Waals surface area (Å²) in [6, 6.07) is 10.9. The van der Waals surface area contributed by atoms with Gasteiger partial charge in [0.2, 0.25) is 0 Å². The van der Waals surface area contributed by atoms with Gasteiger partial charge in [-0.3, -0.25) is 0 Å². The highest BCUT2D eigenvalue weighted by Gasteiger charge is 2.36. The molecule has 1 atom stereocenters. The first-order valence-corrected chi connectivity index (χ1v) is 9.98. The number of anilines is 1. The van der Waals surface area contributed by atoms with Crippen molar-refractivity contribution in [2.24, 2.45) is 7.05 Å². The predicted octanol–water partition coefficient (Wildman–Crippen LogP) is 2.26. The second-order valence-electron chi connectivity index (χ2n) is 7.72. The molecule has 1 aromatic carbocycles. The largest absolute Gasteiger partial charge is 0.486 e. The van der Waals surface area contributed by atoms with Gasteiger partial charge in [0.25, 0.3) is 0 Å². The molecule has 1 aliphatic rings. The number of pyridine rings is 1. The van der Waals surface area contributed by atoms with Gasteiger partial charge in [0, 0.05) is 45.6 Å². The summed E-state index contributed by atoms with van der Waals surface area (Å²) < 4.78 is 20.8. The molecule has 0 aliphatic carbocycles. The first kappa shape index (κ1) is 20.3. The Morgan fingerprint density at radius 3 is 2.73 bits per heavy atom. The Hall–Kier alpha value is -2.97. The zero-order chi connectivity index (χ0) is 21.0. The Labute approximate surface area is 175 Å². The van der Waals surface area contributed by atoms with E-state index in [1.807, 2.05) is 47.0 Å². The molecule has 8 heteroatoms. The molecule has 0 saturated carbocycles. The number of hydrogen-bond acceptors (Lipinski definition) is 6. The fourth-order valence-electron chi connectivity index (χ4n) is 3.58. The molecule has 0 unspecified atom stereocenters. The van der Waals surface area contributed by atoms with Crippen molar-refractivity contribution in [2.45, 2.75) is 25.2 Å². The number of aromatic nitrogens is 3. The van der Waals surface area contributed by atoms with Crippen LogP contribution in [0.4, 0.5) is 10.2 Å². The third-order valence-electron chi connectivity index (χ3n) is 5.36. The number of imidazole rings is 1. The molecule has 30 heavy (non-hydrogen) atoms. The number of ether oxygens (including phenoxy) is 1. The lowest BCUT2D eigenvalue weighted by Crippen LogP contribution is -2.43. The Balaban J connectivity index is 1.23. The topological polar surface area (TPSA) is 75.4 Å². The van der Waals surface area contributed by atoms with Crippen molar-refractivity contribution in [1.82, 2.24) is 19.9 Å². The van der Waals surface area contributed by atoms with Crippen molar-refractivity contribution >= 4 is 5.82 Å². The van der Waals surface area contributed by atoms with Crippen molar-refractivity contribution < 1.29 is 14.2 Å². The first-order chi connectivity index (χ1) is 14.5. The second-order valence-corrected chi connectivity index (χ2v) is 7.72. The van der Waals surface area contributed by atoms with Crippen LogP contribution in [0.3, 0.4) is 0 Å². The van der Waals surface area contributed by atoms with E-state index in [1.165, 1.54) is 12.3 Å². The number of halogens is 1. The maximum absolute atomic E-state index is 13.0. The van der Waals surface area contributed by atoms with Crippen LogP contribution in [0.2, 0.25) is 0 Å². The number of nitrogens with zero attached hydrogens (tertiary/aromatic N) is 4. The maximum atomic E-state index is 13.0. The number of nitrogens with one attached hydrogen (secondary N) is 1. The molecular weight excluding hydrogens is 385 g/mol. The van der Waals surface area contributed by atoms with Gasteiger partial charge in [0.1, 0.15) is 29.8 Å². The third-order valence-corrected chi connectivity index (χ3v) is 5.36. The van der Waals surface area contributed by atoms with E-state index in [4.69, 9.17) is 4.74 Å². The van der Waals surface area contributed by atoms with Gasteiger partial charge in [-0.05, 0) is 36.2 Å². The molecular formula is C22H26FN5O2. The summed E-state index contributed by atoms with van der Waals surface area (Å²) in [5.74, 6) is 1.99. The van der Waals surface area contributed by atoms with Crippen LogP contribution in [0.5, 0.6) is 5.75 Å². The SMILES string of the molecule is Cn1ccnc1COc1ccc(CNC[C@]2(O)CCN(c3ccc(F)cn3)C2)cc1. The van der Waals surface area contributed by atoms with Crippen LogP contribution in [0, 0.1) is 5.82 Å². The summed E-state index contributed by atoms with van der Waals surface area (Å²) in [7, 11) is 1.94. The van der Waals surface area contributed by atoms with Gasteiger partial charge in [-0.1, -0.05) is 12.1 Å². The standard InChI is InChI=1S/C22H26FN5O2/c1-27-11-9-25-21(27)14-30-19-5-2-17(3-6-19)12-24-15-22(29)8-10-28(16-22)20-7-4-18(23)13-26-20/h2-7,9,11,13,24,29H,8,10,12,14-16H2,1H3/t22-/m1/s1. The minimum absolute atomic E-state index is 0.358. The molecule has 1 saturated heterocycles. The van der Waals surface area contributed by atoms with Crippen molar-refractivity contribution in [2.75, 3.05) is 24.5 Å². The van der Waals surface area contributed by atoms with Crippen LogP contribution in [0.25, 0.3) is 0 Å². The van der Waals surface area contributed by atoms with Gasteiger partial charge < -0.3 is 24.6 Å². The van der Waals surface area contributed by atoms with E-state index in [9.17, 15) is 9.50 Å². The first-order valence-electron chi connectivity index (χ1n) is 9.98. The molecule has 4 rings (SSSR count). The molecule has 158 valence electrons. The maximum Gasteiger partial charge on any atom is 0.146 e. The number of rotatable bonds is 8. The van der Waals surface area contributed by atoms with Crippen molar-refractivity contribution in [3.8, 4) is 5.75 Å². The Bertz CT molecular complexity index is 960. The Kier molecular flexibility index (Phi) is 5.96. The van der Waals surface area contributed by atoms with E-state index < -0.39 is 5.60 Å². The fourth-order valence-corrected chi connectivity index (χ4v) is 3.58. The lowest BCUT2D eigenvalue weighted by molar-refractivity contribution is 0.0626. The highest BCUT2D eigenvalue weighted by Crippen LogP contribution is 2.25. The van der Waals surface area contributed by atoms with Crippen LogP contribution in [0.1, 0.15) is 17.8 Å². The molecule has 0 radical (unpaired) electrons. The molecule has 2 aromatic heterocycles. The summed E-state index contributed by atoms with van der Waals surface area (Å²) in [5.41, 5.74) is 0.277. The van der Waals surface area contributed by atoms with Gasteiger partial charge >= 0.3 is 0 Å². The quantitative estimate of drug-likeness (QED) is 0.592. The zero-order valence-electron chi connectivity index (χ0n) is 17.0. The van der Waals surface area contributed by atoms with Crippen LogP contribution >= 0.6 is 0 Å². The van der Waals surface area contributed by atoms with Crippen molar-refractivity contribution in [1.29, 1.82) is 0 Å². The number of hydrogen-bond donors (Lipinski definition) is 2. The second kappa shape index (κ2) is 8.81. The zero-order valence-corrected chi connectivity index (χ0v) is 17.0. The molecule has 0 spiro atoms. The third kappa shape index (κ3) is 4.95.